The Kier molecular flexibility index (Phi) is 6.40. The number of thiazole rings is 1. The summed E-state index contributed by atoms with van der Waals surface area (Å²) in [6, 6.07) is 21.7. The smallest absolute Gasteiger partial charge is 0.192 e. The van der Waals surface area contributed by atoms with E-state index in [-0.39, 0.29) is 11.3 Å². The van der Waals surface area contributed by atoms with E-state index in [2.05, 4.69) is 21.3 Å². The number of para-hydroxylation sites is 1. The molecule has 0 spiro atoms. The van der Waals surface area contributed by atoms with Gasteiger partial charge in [0.25, 0.3) is 0 Å². The van der Waals surface area contributed by atoms with Crippen LogP contribution in [0.15, 0.2) is 82.3 Å². The number of benzene rings is 2. The molecule has 5 rings (SSSR count). The Morgan fingerprint density at radius 2 is 1.91 bits per heavy atom. The van der Waals surface area contributed by atoms with Crippen molar-refractivity contribution in [1.29, 1.82) is 5.26 Å². The van der Waals surface area contributed by atoms with E-state index in [0.29, 0.717) is 22.5 Å². The molecule has 0 radical (unpaired) electrons. The van der Waals surface area contributed by atoms with Gasteiger partial charge in [-0.2, -0.15) is 5.26 Å². The number of furan rings is 1. The number of allylic oxidation sites excluding steroid dienone is 1. The van der Waals surface area contributed by atoms with Crippen LogP contribution in [-0.4, -0.2) is 30.1 Å². The molecular weight excluding hydrogens is 478 g/mol. The minimum Gasteiger partial charge on any atom is -0.510 e. The number of thioether (sulfide) groups is 1. The summed E-state index contributed by atoms with van der Waals surface area (Å²) in [4.78, 5) is 4.54. The zero-order chi connectivity index (χ0) is 24.4. The number of nitriles is 1. The highest BCUT2D eigenvalue weighted by molar-refractivity contribution is 7.99. The van der Waals surface area contributed by atoms with Gasteiger partial charge in [0.2, 0.25) is 0 Å². The van der Waals surface area contributed by atoms with E-state index in [4.69, 9.17) is 4.42 Å². The van der Waals surface area contributed by atoms with Gasteiger partial charge in [0.05, 0.1) is 33.8 Å². The summed E-state index contributed by atoms with van der Waals surface area (Å²) in [7, 11) is 0. The molecule has 0 bridgehead atoms. The lowest BCUT2D eigenvalue weighted by Crippen LogP contribution is -2.09. The number of aliphatic hydroxyl groups excluding tert-OH is 1. The second-order valence-corrected chi connectivity index (χ2v) is 10.2. The molecule has 174 valence electrons. The van der Waals surface area contributed by atoms with Crippen LogP contribution >= 0.6 is 23.1 Å². The quantitative estimate of drug-likeness (QED) is 0.155. The standard InChI is InChI=1S/C26H21N5O2S2/c1-16-19(12-13-33-16)24-29-30-26(31(24)15-18-8-4-3-5-9-18)34-17(2)23(32)20(14-27)25-28-21-10-6-7-11-22(21)35-25/h3-13,17,32H,15H2,1-2H3/b23-20-. The van der Waals surface area contributed by atoms with Gasteiger partial charge in [-0.3, -0.25) is 4.57 Å². The molecular formula is C26H21N5O2S2. The zero-order valence-electron chi connectivity index (χ0n) is 19.0. The number of nitrogens with zero attached hydrogens (tertiary/aromatic N) is 5. The van der Waals surface area contributed by atoms with Crippen LogP contribution in [0.1, 0.15) is 23.3 Å². The van der Waals surface area contributed by atoms with Gasteiger partial charge in [-0.05, 0) is 37.6 Å². The van der Waals surface area contributed by atoms with Crippen LogP contribution in [-0.2, 0) is 6.54 Å². The second kappa shape index (κ2) is 9.78. The number of aryl methyl sites for hydroxylation is 1. The molecule has 0 aliphatic heterocycles. The molecule has 0 saturated heterocycles. The van der Waals surface area contributed by atoms with Crippen LogP contribution < -0.4 is 0 Å². The first-order chi connectivity index (χ1) is 17.0. The highest BCUT2D eigenvalue weighted by atomic mass is 32.2. The summed E-state index contributed by atoms with van der Waals surface area (Å²) in [5, 5.41) is 30.5. The monoisotopic (exact) mass is 499 g/mol. The zero-order valence-corrected chi connectivity index (χ0v) is 20.7. The molecule has 1 N–H and O–H groups in total. The summed E-state index contributed by atoms with van der Waals surface area (Å²) in [5.74, 6) is 1.40. The summed E-state index contributed by atoms with van der Waals surface area (Å²) in [5.41, 5.74) is 2.93. The number of fused-ring (bicyclic) bond motifs is 1. The average Bonchev–Trinajstić information content (AvgIpc) is 3.59. The number of hydrogen-bond acceptors (Lipinski definition) is 8. The summed E-state index contributed by atoms with van der Waals surface area (Å²) < 4.78 is 8.46. The van der Waals surface area contributed by atoms with E-state index < -0.39 is 5.25 Å². The first-order valence-electron chi connectivity index (χ1n) is 10.9. The van der Waals surface area contributed by atoms with Crippen LogP contribution in [0.2, 0.25) is 0 Å². The van der Waals surface area contributed by atoms with Crippen molar-refractivity contribution in [2.45, 2.75) is 30.8 Å². The molecule has 35 heavy (non-hydrogen) atoms. The third-order valence-electron chi connectivity index (χ3n) is 5.54. The maximum absolute atomic E-state index is 11.1. The lowest BCUT2D eigenvalue weighted by Gasteiger charge is -2.14. The summed E-state index contributed by atoms with van der Waals surface area (Å²) in [6.45, 7) is 4.28. The predicted molar refractivity (Wildman–Crippen MR) is 138 cm³/mol. The third kappa shape index (κ3) is 4.58. The van der Waals surface area contributed by atoms with E-state index >= 15 is 0 Å². The number of hydrogen-bond donors (Lipinski definition) is 1. The Balaban J connectivity index is 1.50. The van der Waals surface area contributed by atoms with Crippen molar-refractivity contribution in [1.82, 2.24) is 19.7 Å². The predicted octanol–water partition coefficient (Wildman–Crippen LogP) is 6.48. The van der Waals surface area contributed by atoms with Crippen molar-refractivity contribution in [2.24, 2.45) is 0 Å². The second-order valence-electron chi connectivity index (χ2n) is 7.89. The molecule has 0 fully saturated rings. The van der Waals surface area contributed by atoms with Crippen molar-refractivity contribution < 1.29 is 9.52 Å². The normalized spacial score (nSPS) is 12.9. The number of rotatable bonds is 7. The van der Waals surface area contributed by atoms with Gasteiger partial charge in [-0.1, -0.05) is 54.2 Å². The molecule has 3 heterocycles. The molecule has 1 unspecified atom stereocenters. The first kappa shape index (κ1) is 22.9. The maximum atomic E-state index is 11.1. The van der Waals surface area contributed by atoms with Gasteiger partial charge in [0.1, 0.15) is 28.2 Å². The van der Waals surface area contributed by atoms with Crippen LogP contribution in [0, 0.1) is 18.3 Å². The number of aromatic nitrogens is 4. The molecule has 0 amide bonds. The Hall–Kier alpha value is -3.87. The lowest BCUT2D eigenvalue weighted by molar-refractivity contribution is 0.402. The van der Waals surface area contributed by atoms with E-state index in [1.165, 1.54) is 23.1 Å². The van der Waals surface area contributed by atoms with Crippen molar-refractivity contribution >= 4 is 38.9 Å². The highest BCUT2D eigenvalue weighted by Gasteiger charge is 2.24. The van der Waals surface area contributed by atoms with Crippen LogP contribution in [0.4, 0.5) is 0 Å². The van der Waals surface area contributed by atoms with Gasteiger partial charge in [-0.25, -0.2) is 4.98 Å². The molecule has 7 nitrogen and oxygen atoms in total. The van der Waals surface area contributed by atoms with E-state index in [9.17, 15) is 10.4 Å². The van der Waals surface area contributed by atoms with Gasteiger partial charge in [0, 0.05) is 0 Å². The average molecular weight is 500 g/mol. The topological polar surface area (TPSA) is 101 Å². The Morgan fingerprint density at radius 3 is 2.63 bits per heavy atom. The molecule has 1 atom stereocenters. The number of aliphatic hydroxyl groups is 1. The maximum Gasteiger partial charge on any atom is 0.192 e. The summed E-state index contributed by atoms with van der Waals surface area (Å²) in [6.07, 6.45) is 1.63. The molecule has 0 saturated carbocycles. The fraction of sp³-hybridized carbons (Fsp3) is 0.154. The van der Waals surface area contributed by atoms with Crippen molar-refractivity contribution in [3.8, 4) is 17.5 Å². The highest BCUT2D eigenvalue weighted by Crippen LogP contribution is 2.35. The molecule has 0 aliphatic carbocycles. The van der Waals surface area contributed by atoms with E-state index in [1.807, 2.05) is 79.1 Å². The van der Waals surface area contributed by atoms with Crippen molar-refractivity contribution in [2.75, 3.05) is 0 Å². The Morgan fingerprint density at radius 1 is 1.14 bits per heavy atom. The largest absolute Gasteiger partial charge is 0.510 e. The molecule has 9 heteroatoms. The fourth-order valence-corrected chi connectivity index (χ4v) is 5.59. The Labute approximate surface area is 210 Å². The van der Waals surface area contributed by atoms with E-state index in [0.717, 1.165) is 27.1 Å². The first-order valence-corrected chi connectivity index (χ1v) is 12.6. The van der Waals surface area contributed by atoms with Gasteiger partial charge >= 0.3 is 0 Å². The molecule has 0 aliphatic rings. The minimum atomic E-state index is -0.450. The van der Waals surface area contributed by atoms with Crippen LogP contribution in [0.3, 0.4) is 0 Å². The molecule has 2 aromatic carbocycles. The SMILES string of the molecule is Cc1occc1-c1nnc(SC(C)/C(O)=C(\C#N)c2nc3ccccc3s2)n1Cc1ccccc1. The minimum absolute atomic E-state index is 0.0353. The van der Waals surface area contributed by atoms with Gasteiger partial charge in [0.15, 0.2) is 11.0 Å². The lowest BCUT2D eigenvalue weighted by atomic mass is 10.2. The van der Waals surface area contributed by atoms with E-state index in [1.54, 1.807) is 6.26 Å². The third-order valence-corrected chi connectivity index (χ3v) is 7.69. The van der Waals surface area contributed by atoms with Gasteiger partial charge in [-0.15, -0.1) is 21.5 Å². The molecule has 3 aromatic heterocycles. The van der Waals surface area contributed by atoms with Crippen molar-refractivity contribution in [3.63, 3.8) is 0 Å². The Bertz CT molecular complexity index is 1530. The van der Waals surface area contributed by atoms with Crippen LogP contribution in [0.5, 0.6) is 0 Å². The van der Waals surface area contributed by atoms with Crippen LogP contribution in [0.25, 0.3) is 27.2 Å². The summed E-state index contributed by atoms with van der Waals surface area (Å²) >= 11 is 2.73. The fourth-order valence-electron chi connectivity index (χ4n) is 3.71. The van der Waals surface area contributed by atoms with Gasteiger partial charge < -0.3 is 9.52 Å². The molecule has 5 aromatic rings. The van der Waals surface area contributed by atoms with Crippen molar-refractivity contribution in [3.05, 3.63) is 89.0 Å².